The molecule has 0 unspecified atom stereocenters. The maximum Gasteiger partial charge on any atom is 0.321 e. The second-order valence-corrected chi connectivity index (χ2v) is 7.42. The smallest absolute Gasteiger partial charge is 0.321 e. The number of morpholine rings is 1. The first-order chi connectivity index (χ1) is 15.2. The predicted octanol–water partition coefficient (Wildman–Crippen LogP) is 3.09. The number of hydrogen-bond acceptors (Lipinski definition) is 6. The van der Waals surface area contributed by atoms with Crippen LogP contribution >= 0.6 is 0 Å². The molecule has 3 heterocycles. The van der Waals surface area contributed by atoms with Crippen molar-refractivity contribution in [3.63, 3.8) is 0 Å². The number of carbonyl (C=O) groups is 1. The summed E-state index contributed by atoms with van der Waals surface area (Å²) >= 11 is 0. The summed E-state index contributed by atoms with van der Waals surface area (Å²) in [5, 5.41) is 14.4. The molecule has 1 aromatic heterocycles. The van der Waals surface area contributed by atoms with Crippen molar-refractivity contribution in [3.05, 3.63) is 54.2 Å². The highest BCUT2D eigenvalue weighted by atomic mass is 16.5. The Hall–Kier alpha value is -3.72. The van der Waals surface area contributed by atoms with Crippen molar-refractivity contribution in [3.8, 4) is 0 Å². The minimum atomic E-state index is -0.119. The zero-order valence-corrected chi connectivity index (χ0v) is 17.0. The molecule has 2 aliphatic rings. The molecule has 31 heavy (non-hydrogen) atoms. The molecule has 5 rings (SSSR count). The van der Waals surface area contributed by atoms with Crippen molar-refractivity contribution in [1.82, 2.24) is 15.1 Å². The molecular weight excluding hydrogens is 394 g/mol. The first-order valence-electron chi connectivity index (χ1n) is 10.3. The number of fused-ring (bicyclic) bond motifs is 1. The topological polar surface area (TPSA) is 107 Å². The molecule has 3 aromatic rings. The number of nitrogens with zero attached hydrogens (tertiary/aromatic N) is 4. The van der Waals surface area contributed by atoms with Gasteiger partial charge in [-0.05, 0) is 30.3 Å². The van der Waals surface area contributed by atoms with E-state index in [-0.39, 0.29) is 6.03 Å². The van der Waals surface area contributed by atoms with Crippen LogP contribution in [0.2, 0.25) is 0 Å². The molecule has 0 radical (unpaired) electrons. The number of ether oxygens (including phenoxy) is 1. The van der Waals surface area contributed by atoms with Crippen molar-refractivity contribution in [2.24, 2.45) is 9.98 Å². The van der Waals surface area contributed by atoms with Crippen LogP contribution in [-0.2, 0) is 4.74 Å². The number of aromatic nitrogens is 2. The van der Waals surface area contributed by atoms with Gasteiger partial charge in [0.05, 0.1) is 24.9 Å². The van der Waals surface area contributed by atoms with Crippen LogP contribution in [0.15, 0.2) is 58.6 Å². The van der Waals surface area contributed by atoms with Crippen molar-refractivity contribution < 1.29 is 9.53 Å². The number of carbonyl (C=O) groups excluding carboxylic acids is 1. The zero-order chi connectivity index (χ0) is 21.0. The van der Waals surface area contributed by atoms with E-state index >= 15 is 0 Å². The summed E-state index contributed by atoms with van der Waals surface area (Å²) < 4.78 is 5.31. The SMILES string of the molecule is O=C(Nc1cccc(C2=NCCC(Nc3ccc4[nH]ncc4c3)=N2)c1)N1CCOCC1. The number of H-pyrrole nitrogens is 1. The molecule has 1 fully saturated rings. The summed E-state index contributed by atoms with van der Waals surface area (Å²) in [6.07, 6.45) is 2.53. The highest BCUT2D eigenvalue weighted by molar-refractivity contribution is 6.12. The second-order valence-electron chi connectivity index (χ2n) is 7.42. The van der Waals surface area contributed by atoms with Crippen LogP contribution in [0.1, 0.15) is 12.0 Å². The normalized spacial score (nSPS) is 16.6. The number of amidine groups is 2. The molecule has 0 atom stereocenters. The average molecular weight is 417 g/mol. The van der Waals surface area contributed by atoms with Gasteiger partial charge in [0.2, 0.25) is 0 Å². The summed E-state index contributed by atoms with van der Waals surface area (Å²) in [4.78, 5) is 23.5. The van der Waals surface area contributed by atoms with Gasteiger partial charge in [-0.1, -0.05) is 12.1 Å². The molecule has 0 spiro atoms. The number of nitrogens with one attached hydrogen (secondary N) is 3. The first kappa shape index (κ1) is 19.3. The Morgan fingerprint density at radius 3 is 2.90 bits per heavy atom. The quantitative estimate of drug-likeness (QED) is 0.609. The standard InChI is InChI=1S/C22H23N7O2/c30-22(29-8-10-31-11-9-29)26-17-3-1-2-15(12-17)21-23-7-6-20(27-21)25-18-4-5-19-16(13-18)14-24-28-19/h1-5,12-14H,6-11H2,(H,24,28)(H,26,30)(H,23,25,27). The molecule has 158 valence electrons. The van der Waals surface area contributed by atoms with Gasteiger partial charge in [-0.3, -0.25) is 10.1 Å². The van der Waals surface area contributed by atoms with Crippen LogP contribution in [-0.4, -0.2) is 65.6 Å². The van der Waals surface area contributed by atoms with Crippen LogP contribution in [0.4, 0.5) is 16.2 Å². The number of aliphatic imine (C=N–C) groups is 2. The summed E-state index contributed by atoms with van der Waals surface area (Å²) in [6.45, 7) is 2.99. The fourth-order valence-electron chi connectivity index (χ4n) is 3.63. The Balaban J connectivity index is 1.30. The number of hydrogen-bond donors (Lipinski definition) is 3. The van der Waals surface area contributed by atoms with Crippen molar-refractivity contribution in [1.29, 1.82) is 0 Å². The third-order valence-corrected chi connectivity index (χ3v) is 5.25. The molecule has 3 N–H and O–H groups in total. The number of amides is 2. The van der Waals surface area contributed by atoms with Gasteiger partial charge in [0.15, 0.2) is 5.84 Å². The number of urea groups is 1. The van der Waals surface area contributed by atoms with Crippen LogP contribution in [0.5, 0.6) is 0 Å². The van der Waals surface area contributed by atoms with Gasteiger partial charge in [-0.2, -0.15) is 5.10 Å². The molecule has 2 aliphatic heterocycles. The lowest BCUT2D eigenvalue weighted by atomic mass is 10.1. The molecular formula is C22H23N7O2. The summed E-state index contributed by atoms with van der Waals surface area (Å²) in [5.74, 6) is 1.51. The number of rotatable bonds is 3. The van der Waals surface area contributed by atoms with E-state index in [0.717, 1.165) is 40.1 Å². The minimum absolute atomic E-state index is 0.119. The largest absolute Gasteiger partial charge is 0.378 e. The molecule has 9 nitrogen and oxygen atoms in total. The zero-order valence-electron chi connectivity index (χ0n) is 17.0. The van der Waals surface area contributed by atoms with Crippen molar-refractivity contribution in [2.45, 2.75) is 6.42 Å². The van der Waals surface area contributed by atoms with E-state index in [4.69, 9.17) is 9.73 Å². The van der Waals surface area contributed by atoms with E-state index in [1.165, 1.54) is 0 Å². The molecule has 2 amide bonds. The van der Waals surface area contributed by atoms with E-state index in [2.05, 4.69) is 25.8 Å². The summed E-state index contributed by atoms with van der Waals surface area (Å²) in [7, 11) is 0. The van der Waals surface area contributed by atoms with Gasteiger partial charge >= 0.3 is 6.03 Å². The Morgan fingerprint density at radius 2 is 2.00 bits per heavy atom. The number of aromatic amines is 1. The third-order valence-electron chi connectivity index (χ3n) is 5.25. The molecule has 9 heteroatoms. The Kier molecular flexibility index (Phi) is 5.32. The van der Waals surface area contributed by atoms with Gasteiger partial charge in [-0.15, -0.1) is 0 Å². The fourth-order valence-corrected chi connectivity index (χ4v) is 3.63. The summed E-state index contributed by atoms with van der Waals surface area (Å²) in [5.41, 5.74) is 3.54. The lowest BCUT2D eigenvalue weighted by Gasteiger charge is -2.27. The molecule has 1 saturated heterocycles. The van der Waals surface area contributed by atoms with E-state index in [9.17, 15) is 4.79 Å². The van der Waals surface area contributed by atoms with Crippen LogP contribution < -0.4 is 10.6 Å². The monoisotopic (exact) mass is 417 g/mol. The lowest BCUT2D eigenvalue weighted by Crippen LogP contribution is -2.43. The Bertz CT molecular complexity index is 1160. The number of anilines is 2. The molecule has 0 bridgehead atoms. The highest BCUT2D eigenvalue weighted by Crippen LogP contribution is 2.19. The van der Waals surface area contributed by atoms with Gasteiger partial charge in [0.1, 0.15) is 5.84 Å². The van der Waals surface area contributed by atoms with Crippen LogP contribution in [0, 0.1) is 0 Å². The molecule has 0 aliphatic carbocycles. The van der Waals surface area contributed by atoms with E-state index < -0.39 is 0 Å². The third kappa shape index (κ3) is 4.41. The van der Waals surface area contributed by atoms with Gasteiger partial charge < -0.3 is 20.3 Å². The maximum atomic E-state index is 12.5. The highest BCUT2D eigenvalue weighted by Gasteiger charge is 2.17. The summed E-state index contributed by atoms with van der Waals surface area (Å²) in [6, 6.07) is 13.5. The average Bonchev–Trinajstić information content (AvgIpc) is 3.28. The number of benzene rings is 2. The second kappa shape index (κ2) is 8.57. The predicted molar refractivity (Wildman–Crippen MR) is 121 cm³/mol. The van der Waals surface area contributed by atoms with Crippen molar-refractivity contribution in [2.75, 3.05) is 43.5 Å². The lowest BCUT2D eigenvalue weighted by molar-refractivity contribution is 0.0564. The van der Waals surface area contributed by atoms with E-state index in [1.807, 2.05) is 42.5 Å². The van der Waals surface area contributed by atoms with E-state index in [0.29, 0.717) is 38.7 Å². The van der Waals surface area contributed by atoms with Gasteiger partial charge in [0.25, 0.3) is 0 Å². The molecule has 2 aromatic carbocycles. The van der Waals surface area contributed by atoms with E-state index in [1.54, 1.807) is 11.1 Å². The van der Waals surface area contributed by atoms with Gasteiger partial charge in [-0.25, -0.2) is 9.79 Å². The minimum Gasteiger partial charge on any atom is -0.378 e. The Morgan fingerprint density at radius 1 is 1.10 bits per heavy atom. The van der Waals surface area contributed by atoms with Crippen LogP contribution in [0.3, 0.4) is 0 Å². The first-order valence-corrected chi connectivity index (χ1v) is 10.3. The van der Waals surface area contributed by atoms with Crippen LogP contribution in [0.25, 0.3) is 10.9 Å². The van der Waals surface area contributed by atoms with Crippen molar-refractivity contribution >= 4 is 40.0 Å². The molecule has 0 saturated carbocycles. The maximum absolute atomic E-state index is 12.5. The fraction of sp³-hybridized carbons (Fsp3) is 0.273. The Labute approximate surface area is 179 Å². The van der Waals surface area contributed by atoms with Gasteiger partial charge in [0, 0.05) is 48.4 Å².